The Morgan fingerprint density at radius 2 is 1.79 bits per heavy atom. The zero-order valence-electron chi connectivity index (χ0n) is 14.9. The summed E-state index contributed by atoms with van der Waals surface area (Å²) in [5, 5.41) is 8.57. The van der Waals surface area contributed by atoms with E-state index in [4.69, 9.17) is 4.74 Å². The van der Waals surface area contributed by atoms with Gasteiger partial charge in [0.15, 0.2) is 11.8 Å². The molecular formula is C19H14F3N3O4. The van der Waals surface area contributed by atoms with Crippen LogP contribution in [0, 0.1) is 0 Å². The van der Waals surface area contributed by atoms with Gasteiger partial charge in [0.2, 0.25) is 0 Å². The molecule has 0 radical (unpaired) electrons. The highest BCUT2D eigenvalue weighted by molar-refractivity contribution is 6.03. The molecule has 2 N–H and O–H groups in total. The van der Waals surface area contributed by atoms with Crippen molar-refractivity contribution in [2.45, 2.75) is 19.2 Å². The molecule has 1 aromatic heterocycles. The summed E-state index contributed by atoms with van der Waals surface area (Å²) >= 11 is 0. The van der Waals surface area contributed by atoms with E-state index in [1.165, 1.54) is 25.1 Å². The molecule has 1 heterocycles. The van der Waals surface area contributed by atoms with Crippen LogP contribution in [0.4, 0.5) is 18.9 Å². The standard InChI is InChI=1S/C19H14F3N3O4/c1-10(16(26)23-12-6-4-5-11(9-12)19(20,21)22)29-18(28)15-13-7-2-3-8-14(13)17(27)25-24-15/h2-10H,1H3,(H,23,26)(H,25,27). The van der Waals surface area contributed by atoms with Crippen LogP contribution in [-0.4, -0.2) is 28.2 Å². The van der Waals surface area contributed by atoms with Gasteiger partial charge in [-0.2, -0.15) is 18.3 Å². The first-order chi connectivity index (χ1) is 13.7. The molecule has 0 fully saturated rings. The highest BCUT2D eigenvalue weighted by Crippen LogP contribution is 2.30. The molecule has 7 nitrogen and oxygen atoms in total. The predicted molar refractivity (Wildman–Crippen MR) is 97.3 cm³/mol. The second-order valence-electron chi connectivity index (χ2n) is 6.06. The summed E-state index contributed by atoms with van der Waals surface area (Å²) in [4.78, 5) is 36.4. The number of ether oxygens (including phenoxy) is 1. The van der Waals surface area contributed by atoms with Crippen molar-refractivity contribution < 1.29 is 27.5 Å². The maximum Gasteiger partial charge on any atom is 0.416 e. The molecule has 10 heteroatoms. The molecular weight excluding hydrogens is 391 g/mol. The van der Waals surface area contributed by atoms with E-state index in [2.05, 4.69) is 15.5 Å². The van der Waals surface area contributed by atoms with Gasteiger partial charge in [-0.05, 0) is 31.2 Å². The Balaban J connectivity index is 1.75. The van der Waals surface area contributed by atoms with Gasteiger partial charge in [-0.25, -0.2) is 9.89 Å². The van der Waals surface area contributed by atoms with E-state index in [0.717, 1.165) is 18.2 Å². The summed E-state index contributed by atoms with van der Waals surface area (Å²) in [6, 6.07) is 10.3. The molecule has 150 valence electrons. The summed E-state index contributed by atoms with van der Waals surface area (Å²) < 4.78 is 43.4. The van der Waals surface area contributed by atoms with E-state index in [-0.39, 0.29) is 22.2 Å². The summed E-state index contributed by atoms with van der Waals surface area (Å²) in [7, 11) is 0. The fourth-order valence-corrected chi connectivity index (χ4v) is 2.56. The average Bonchev–Trinajstić information content (AvgIpc) is 2.68. The molecule has 0 saturated heterocycles. The van der Waals surface area contributed by atoms with Crippen molar-refractivity contribution in [2.75, 3.05) is 5.32 Å². The Morgan fingerprint density at radius 1 is 1.10 bits per heavy atom. The number of alkyl halides is 3. The number of benzene rings is 2. The van der Waals surface area contributed by atoms with Gasteiger partial charge in [0.1, 0.15) is 0 Å². The fourth-order valence-electron chi connectivity index (χ4n) is 2.56. The zero-order chi connectivity index (χ0) is 21.2. The molecule has 29 heavy (non-hydrogen) atoms. The fraction of sp³-hybridized carbons (Fsp3) is 0.158. The van der Waals surface area contributed by atoms with Crippen LogP contribution in [0.3, 0.4) is 0 Å². The molecule has 1 amide bonds. The number of anilines is 1. The number of fused-ring (bicyclic) bond motifs is 1. The number of nitrogens with zero attached hydrogens (tertiary/aromatic N) is 1. The number of carbonyl (C=O) groups is 2. The number of halogens is 3. The van der Waals surface area contributed by atoms with Crippen molar-refractivity contribution in [3.05, 3.63) is 70.1 Å². The van der Waals surface area contributed by atoms with Crippen LogP contribution < -0.4 is 10.9 Å². The normalized spacial score (nSPS) is 12.4. The zero-order valence-corrected chi connectivity index (χ0v) is 14.9. The number of hydrogen-bond donors (Lipinski definition) is 2. The van der Waals surface area contributed by atoms with Crippen LogP contribution in [0.5, 0.6) is 0 Å². The van der Waals surface area contributed by atoms with E-state index in [1.807, 2.05) is 0 Å². The second-order valence-corrected chi connectivity index (χ2v) is 6.06. The van der Waals surface area contributed by atoms with Crippen LogP contribution in [0.15, 0.2) is 53.3 Å². The van der Waals surface area contributed by atoms with Crippen LogP contribution in [0.25, 0.3) is 10.8 Å². The number of amides is 1. The number of esters is 1. The van der Waals surface area contributed by atoms with E-state index in [1.54, 1.807) is 12.1 Å². The summed E-state index contributed by atoms with van der Waals surface area (Å²) in [6.07, 6.45) is -5.89. The molecule has 1 atom stereocenters. The van der Waals surface area contributed by atoms with Gasteiger partial charge < -0.3 is 10.1 Å². The lowest BCUT2D eigenvalue weighted by atomic mass is 10.1. The smallest absolute Gasteiger partial charge is 0.416 e. The van der Waals surface area contributed by atoms with Crippen molar-refractivity contribution in [2.24, 2.45) is 0 Å². The first-order valence-electron chi connectivity index (χ1n) is 8.33. The third-order valence-electron chi connectivity index (χ3n) is 4.00. The number of aromatic nitrogens is 2. The molecule has 0 aliphatic heterocycles. The molecule has 2 aromatic carbocycles. The lowest BCUT2D eigenvalue weighted by Crippen LogP contribution is -2.30. The molecule has 0 bridgehead atoms. The molecule has 3 rings (SSSR count). The molecule has 0 aliphatic rings. The van der Waals surface area contributed by atoms with E-state index >= 15 is 0 Å². The molecule has 0 spiro atoms. The van der Waals surface area contributed by atoms with E-state index in [0.29, 0.717) is 0 Å². The largest absolute Gasteiger partial charge is 0.448 e. The van der Waals surface area contributed by atoms with Crippen LogP contribution in [-0.2, 0) is 15.7 Å². The van der Waals surface area contributed by atoms with Gasteiger partial charge in [0, 0.05) is 11.1 Å². The van der Waals surface area contributed by atoms with Gasteiger partial charge in [-0.15, -0.1) is 0 Å². The van der Waals surface area contributed by atoms with E-state index < -0.39 is 35.3 Å². The first-order valence-corrected chi connectivity index (χ1v) is 8.33. The third-order valence-corrected chi connectivity index (χ3v) is 4.00. The van der Waals surface area contributed by atoms with Crippen molar-refractivity contribution in [1.82, 2.24) is 10.2 Å². The number of carbonyl (C=O) groups excluding carboxylic acids is 2. The first kappa shape index (κ1) is 20.1. The number of rotatable bonds is 4. The summed E-state index contributed by atoms with van der Waals surface area (Å²) in [6.45, 7) is 1.26. The number of hydrogen-bond acceptors (Lipinski definition) is 5. The minimum atomic E-state index is -4.56. The summed E-state index contributed by atoms with van der Waals surface area (Å²) in [5.41, 5.74) is -1.71. The minimum Gasteiger partial charge on any atom is -0.448 e. The van der Waals surface area contributed by atoms with Crippen molar-refractivity contribution in [3.63, 3.8) is 0 Å². The maximum absolute atomic E-state index is 12.8. The van der Waals surface area contributed by atoms with Crippen molar-refractivity contribution in [1.29, 1.82) is 0 Å². The average molecular weight is 405 g/mol. The van der Waals surface area contributed by atoms with E-state index in [9.17, 15) is 27.6 Å². The maximum atomic E-state index is 12.8. The quantitative estimate of drug-likeness (QED) is 0.650. The number of H-pyrrole nitrogens is 1. The lowest BCUT2D eigenvalue weighted by molar-refractivity contribution is -0.137. The summed E-state index contributed by atoms with van der Waals surface area (Å²) in [5.74, 6) is -1.80. The molecule has 3 aromatic rings. The SMILES string of the molecule is CC(OC(=O)c1n[nH]c(=O)c2ccccc12)C(=O)Nc1cccc(C(F)(F)F)c1. The van der Waals surface area contributed by atoms with Gasteiger partial charge >= 0.3 is 12.1 Å². The van der Waals surface area contributed by atoms with Crippen molar-refractivity contribution in [3.8, 4) is 0 Å². The Kier molecular flexibility index (Phi) is 5.35. The van der Waals surface area contributed by atoms with Gasteiger partial charge in [0.05, 0.1) is 10.9 Å². The molecule has 1 unspecified atom stereocenters. The van der Waals surface area contributed by atoms with Crippen LogP contribution >= 0.6 is 0 Å². The van der Waals surface area contributed by atoms with Crippen LogP contribution in [0.1, 0.15) is 23.0 Å². The second kappa shape index (κ2) is 7.74. The van der Waals surface area contributed by atoms with Crippen LogP contribution in [0.2, 0.25) is 0 Å². The van der Waals surface area contributed by atoms with Crippen molar-refractivity contribution >= 4 is 28.3 Å². The Morgan fingerprint density at radius 3 is 2.48 bits per heavy atom. The van der Waals surface area contributed by atoms with Gasteiger partial charge in [-0.3, -0.25) is 9.59 Å². The highest BCUT2D eigenvalue weighted by atomic mass is 19.4. The lowest BCUT2D eigenvalue weighted by Gasteiger charge is -2.14. The Hall–Kier alpha value is -3.69. The molecule has 0 aliphatic carbocycles. The monoisotopic (exact) mass is 405 g/mol. The topological polar surface area (TPSA) is 101 Å². The van der Waals surface area contributed by atoms with Gasteiger partial charge in [0.25, 0.3) is 11.5 Å². The number of nitrogens with one attached hydrogen (secondary N) is 2. The number of aromatic amines is 1. The Bertz CT molecular complexity index is 1140. The molecule has 0 saturated carbocycles. The minimum absolute atomic E-state index is 0.0969. The van der Waals surface area contributed by atoms with Gasteiger partial charge in [-0.1, -0.05) is 24.3 Å². The predicted octanol–water partition coefficient (Wildman–Crippen LogP) is 3.13. The highest BCUT2D eigenvalue weighted by Gasteiger charge is 2.30. The third kappa shape index (κ3) is 4.42. The Labute approximate surface area is 161 Å².